The van der Waals surface area contributed by atoms with E-state index in [4.69, 9.17) is 0 Å². The summed E-state index contributed by atoms with van der Waals surface area (Å²) in [6, 6.07) is 8.30. The van der Waals surface area contributed by atoms with E-state index >= 15 is 0 Å². The number of aromatic nitrogens is 1. The van der Waals surface area contributed by atoms with Crippen LogP contribution < -0.4 is 10.0 Å². The Morgan fingerprint density at radius 3 is 2.07 bits per heavy atom. The van der Waals surface area contributed by atoms with Crippen LogP contribution >= 0.6 is 0 Å². The Labute approximate surface area is 164 Å². The molecule has 28 heavy (non-hydrogen) atoms. The molecule has 5 nitrogen and oxygen atoms in total. The number of sulfonamides is 1. The van der Waals surface area contributed by atoms with Gasteiger partial charge in [-0.2, -0.15) is 0 Å². The summed E-state index contributed by atoms with van der Waals surface area (Å²) in [4.78, 5) is 4.47. The van der Waals surface area contributed by atoms with Crippen molar-refractivity contribution in [2.45, 2.75) is 49.0 Å². The fourth-order valence-electron chi connectivity index (χ4n) is 5.89. The van der Waals surface area contributed by atoms with Gasteiger partial charge < -0.3 is 5.32 Å². The van der Waals surface area contributed by atoms with Crippen LogP contribution in [0.4, 0.5) is 15.9 Å². The van der Waals surface area contributed by atoms with E-state index in [0.717, 1.165) is 35.7 Å². The molecule has 0 aliphatic heterocycles. The maximum absolute atomic E-state index is 13.0. The van der Waals surface area contributed by atoms with E-state index < -0.39 is 15.8 Å². The summed E-state index contributed by atoms with van der Waals surface area (Å²) in [5, 5.41) is 3.68. The van der Waals surface area contributed by atoms with Gasteiger partial charge in [0.2, 0.25) is 0 Å². The molecule has 2 aromatic rings. The Hall–Kier alpha value is -2.15. The standard InChI is InChI=1S/C21H24FN3O2S/c22-17-1-4-19(5-2-17)28(26,27)25-18-3-6-20(23-13-18)24-21-10-14-7-15(11-21)9-16(8-14)12-21/h1-6,13-16,25H,7-12H2,(H,23,24). The normalized spacial score (nSPS) is 31.0. The third-order valence-corrected chi connectivity index (χ3v) is 7.97. The van der Waals surface area contributed by atoms with E-state index in [0.29, 0.717) is 5.69 Å². The van der Waals surface area contributed by atoms with Crippen LogP contribution in [0.3, 0.4) is 0 Å². The highest BCUT2D eigenvalue weighted by Gasteiger charge is 2.51. The van der Waals surface area contributed by atoms with Crippen LogP contribution in [0.1, 0.15) is 38.5 Å². The zero-order valence-electron chi connectivity index (χ0n) is 15.6. The van der Waals surface area contributed by atoms with E-state index in [9.17, 15) is 12.8 Å². The molecule has 2 N–H and O–H groups in total. The molecule has 4 aliphatic rings. The molecule has 0 atom stereocenters. The highest BCUT2D eigenvalue weighted by Crippen LogP contribution is 2.56. The lowest BCUT2D eigenvalue weighted by molar-refractivity contribution is 0.0105. The molecule has 4 saturated carbocycles. The number of pyridine rings is 1. The minimum Gasteiger partial charge on any atom is -0.365 e. The predicted octanol–water partition coefficient (Wildman–Crippen LogP) is 4.40. The molecule has 0 amide bonds. The molecule has 0 spiro atoms. The Balaban J connectivity index is 1.29. The second-order valence-electron chi connectivity index (χ2n) is 8.81. The molecule has 0 radical (unpaired) electrons. The lowest BCUT2D eigenvalue weighted by Crippen LogP contribution is -2.54. The lowest BCUT2D eigenvalue weighted by Gasteiger charge is -2.57. The van der Waals surface area contributed by atoms with Gasteiger partial charge >= 0.3 is 0 Å². The number of nitrogens with zero attached hydrogens (tertiary/aromatic N) is 1. The molecule has 0 unspecified atom stereocenters. The second-order valence-corrected chi connectivity index (χ2v) is 10.5. The van der Waals surface area contributed by atoms with E-state index in [1.54, 1.807) is 6.07 Å². The molecule has 4 bridgehead atoms. The van der Waals surface area contributed by atoms with Crippen LogP contribution in [0.25, 0.3) is 0 Å². The highest BCUT2D eigenvalue weighted by molar-refractivity contribution is 7.92. The van der Waals surface area contributed by atoms with Gasteiger partial charge in [0.1, 0.15) is 11.6 Å². The zero-order valence-corrected chi connectivity index (χ0v) is 16.4. The van der Waals surface area contributed by atoms with Gasteiger partial charge in [-0.1, -0.05) is 0 Å². The molecule has 1 aromatic carbocycles. The van der Waals surface area contributed by atoms with Crippen molar-refractivity contribution < 1.29 is 12.8 Å². The van der Waals surface area contributed by atoms with Gasteiger partial charge in [-0.3, -0.25) is 4.72 Å². The fraction of sp³-hybridized carbons (Fsp3) is 0.476. The first kappa shape index (κ1) is 17.9. The van der Waals surface area contributed by atoms with Gasteiger partial charge in [0, 0.05) is 5.54 Å². The van der Waals surface area contributed by atoms with E-state index in [-0.39, 0.29) is 10.4 Å². The fourth-order valence-corrected chi connectivity index (χ4v) is 6.93. The molecule has 148 valence electrons. The number of rotatable bonds is 5. The van der Waals surface area contributed by atoms with Crippen molar-refractivity contribution >= 4 is 21.5 Å². The molecule has 6 rings (SSSR count). The first-order valence-corrected chi connectivity index (χ1v) is 11.4. The minimum atomic E-state index is -3.76. The van der Waals surface area contributed by atoms with Gasteiger partial charge in [0.25, 0.3) is 10.0 Å². The molecule has 4 fully saturated rings. The monoisotopic (exact) mass is 401 g/mol. The van der Waals surface area contributed by atoms with Crippen molar-refractivity contribution in [3.8, 4) is 0 Å². The lowest BCUT2D eigenvalue weighted by atomic mass is 9.53. The number of hydrogen-bond donors (Lipinski definition) is 2. The summed E-state index contributed by atoms with van der Waals surface area (Å²) in [5.41, 5.74) is 0.553. The van der Waals surface area contributed by atoms with Crippen molar-refractivity contribution in [1.82, 2.24) is 4.98 Å². The first-order chi connectivity index (χ1) is 13.4. The Morgan fingerprint density at radius 2 is 1.54 bits per heavy atom. The summed E-state index contributed by atoms with van der Waals surface area (Å²) >= 11 is 0. The van der Waals surface area contributed by atoms with Gasteiger partial charge in [-0.05, 0) is 92.7 Å². The van der Waals surface area contributed by atoms with Crippen molar-refractivity contribution in [2.75, 3.05) is 10.0 Å². The summed E-state index contributed by atoms with van der Waals surface area (Å²) in [5.74, 6) is 2.87. The molecular formula is C21H24FN3O2S. The third-order valence-electron chi connectivity index (χ3n) is 6.57. The number of halogens is 1. The minimum absolute atomic E-state index is 0.0182. The van der Waals surface area contributed by atoms with Crippen molar-refractivity contribution in [2.24, 2.45) is 17.8 Å². The average molecular weight is 402 g/mol. The number of hydrogen-bond acceptors (Lipinski definition) is 4. The van der Waals surface area contributed by atoms with Crippen molar-refractivity contribution in [3.63, 3.8) is 0 Å². The van der Waals surface area contributed by atoms with Crippen LogP contribution in [0.5, 0.6) is 0 Å². The second kappa shape index (κ2) is 6.44. The highest BCUT2D eigenvalue weighted by atomic mass is 32.2. The number of anilines is 2. The molecule has 1 aromatic heterocycles. The van der Waals surface area contributed by atoms with Crippen LogP contribution in [0.15, 0.2) is 47.5 Å². The van der Waals surface area contributed by atoms with Gasteiger partial charge in [0.15, 0.2) is 0 Å². The maximum atomic E-state index is 13.0. The van der Waals surface area contributed by atoms with E-state index in [2.05, 4.69) is 15.0 Å². The van der Waals surface area contributed by atoms with Gasteiger partial charge in [0.05, 0.1) is 16.8 Å². The molecule has 7 heteroatoms. The Kier molecular flexibility index (Phi) is 4.12. The largest absolute Gasteiger partial charge is 0.365 e. The third kappa shape index (κ3) is 3.36. The average Bonchev–Trinajstić information content (AvgIpc) is 2.62. The first-order valence-electron chi connectivity index (χ1n) is 9.92. The molecule has 0 saturated heterocycles. The topological polar surface area (TPSA) is 71.1 Å². The van der Waals surface area contributed by atoms with Crippen LogP contribution in [-0.4, -0.2) is 18.9 Å². The molecule has 4 aliphatic carbocycles. The molecular weight excluding hydrogens is 377 g/mol. The quantitative estimate of drug-likeness (QED) is 0.779. The summed E-state index contributed by atoms with van der Waals surface area (Å²) in [6.45, 7) is 0. The van der Waals surface area contributed by atoms with Crippen LogP contribution in [0.2, 0.25) is 0 Å². The van der Waals surface area contributed by atoms with E-state index in [1.807, 2.05) is 6.07 Å². The van der Waals surface area contributed by atoms with Crippen LogP contribution in [0, 0.1) is 23.6 Å². The summed E-state index contributed by atoms with van der Waals surface area (Å²) < 4.78 is 40.4. The van der Waals surface area contributed by atoms with Gasteiger partial charge in [-0.25, -0.2) is 17.8 Å². The van der Waals surface area contributed by atoms with Crippen molar-refractivity contribution in [3.05, 3.63) is 48.4 Å². The summed E-state index contributed by atoms with van der Waals surface area (Å²) in [7, 11) is -3.76. The SMILES string of the molecule is O=S(=O)(Nc1ccc(NC23CC4CC(CC(C4)C2)C3)nc1)c1ccc(F)cc1. The summed E-state index contributed by atoms with van der Waals surface area (Å²) in [6.07, 6.45) is 9.36. The van der Waals surface area contributed by atoms with Gasteiger partial charge in [-0.15, -0.1) is 0 Å². The van der Waals surface area contributed by atoms with Crippen LogP contribution in [-0.2, 0) is 10.0 Å². The zero-order chi connectivity index (χ0) is 19.4. The Bertz CT molecular complexity index is 938. The smallest absolute Gasteiger partial charge is 0.261 e. The van der Waals surface area contributed by atoms with E-state index in [1.165, 1.54) is 56.9 Å². The predicted molar refractivity (Wildman–Crippen MR) is 106 cm³/mol. The number of nitrogens with one attached hydrogen (secondary N) is 2. The molecule has 1 heterocycles. The van der Waals surface area contributed by atoms with Crippen molar-refractivity contribution in [1.29, 1.82) is 0 Å². The number of benzene rings is 1. The Morgan fingerprint density at radius 1 is 0.929 bits per heavy atom. The maximum Gasteiger partial charge on any atom is 0.261 e.